The predicted molar refractivity (Wildman–Crippen MR) is 139 cm³/mol. The topological polar surface area (TPSA) is 53.4 Å². The molecule has 3 aromatic rings. The second kappa shape index (κ2) is 10.7. The van der Waals surface area contributed by atoms with Crippen LogP contribution in [0.15, 0.2) is 55.1 Å². The highest BCUT2D eigenvalue weighted by molar-refractivity contribution is 6.04. The molecule has 0 unspecified atom stereocenters. The summed E-state index contributed by atoms with van der Waals surface area (Å²) in [6, 6.07) is 10.8. The van der Waals surface area contributed by atoms with Gasteiger partial charge in [0.2, 0.25) is 5.95 Å². The highest BCUT2D eigenvalue weighted by Gasteiger charge is 2.31. The Labute approximate surface area is 214 Å². The third kappa shape index (κ3) is 5.72. The van der Waals surface area contributed by atoms with Gasteiger partial charge >= 0.3 is 6.18 Å². The monoisotopic (exact) mass is 511 g/mol. The number of hydrogen-bond donors (Lipinski definition) is 1. The molecule has 6 nitrogen and oxygen atoms in total. The first-order valence-electron chi connectivity index (χ1n) is 12.9. The van der Waals surface area contributed by atoms with Crippen molar-refractivity contribution < 1.29 is 18.0 Å². The zero-order valence-corrected chi connectivity index (χ0v) is 20.8. The molecular formula is C28H32F3N5O. The Bertz CT molecular complexity index is 1280. The van der Waals surface area contributed by atoms with Crippen molar-refractivity contribution in [3.8, 4) is 0 Å². The zero-order chi connectivity index (χ0) is 26.0. The number of alkyl halides is 3. The molecule has 0 bridgehead atoms. The van der Waals surface area contributed by atoms with E-state index in [0.717, 1.165) is 80.8 Å². The van der Waals surface area contributed by atoms with Crippen LogP contribution in [0.4, 0.5) is 19.1 Å². The summed E-state index contributed by atoms with van der Waals surface area (Å²) in [6.07, 6.45) is 1.70. The van der Waals surface area contributed by atoms with Crippen molar-refractivity contribution in [2.24, 2.45) is 0 Å². The minimum Gasteiger partial charge on any atom is -0.306 e. The number of hydrogen-bond acceptors (Lipinski definition) is 4. The molecule has 0 radical (unpaired) electrons. The van der Waals surface area contributed by atoms with Gasteiger partial charge < -0.3 is 4.57 Å². The van der Waals surface area contributed by atoms with E-state index in [2.05, 4.69) is 44.5 Å². The van der Waals surface area contributed by atoms with Crippen LogP contribution in [-0.4, -0.2) is 58.0 Å². The highest BCUT2D eigenvalue weighted by atomic mass is 19.4. The van der Waals surface area contributed by atoms with Crippen LogP contribution in [0.25, 0.3) is 11.0 Å². The molecule has 1 atom stereocenters. The molecule has 1 amide bonds. The summed E-state index contributed by atoms with van der Waals surface area (Å²) in [5.74, 6) is -0.250. The van der Waals surface area contributed by atoms with Crippen molar-refractivity contribution >= 4 is 22.9 Å². The lowest BCUT2D eigenvalue weighted by Crippen LogP contribution is -2.37. The largest absolute Gasteiger partial charge is 0.416 e. The summed E-state index contributed by atoms with van der Waals surface area (Å²) in [6.45, 7) is 9.41. The van der Waals surface area contributed by atoms with Crippen LogP contribution in [0.2, 0.25) is 0 Å². The van der Waals surface area contributed by atoms with Gasteiger partial charge in [0.1, 0.15) is 0 Å². The van der Waals surface area contributed by atoms with Crippen LogP contribution in [0.3, 0.4) is 0 Å². The first kappa shape index (κ1) is 25.5. The van der Waals surface area contributed by atoms with Gasteiger partial charge in [-0.25, -0.2) is 4.98 Å². The molecule has 2 aliphatic rings. The highest BCUT2D eigenvalue weighted by Crippen LogP contribution is 2.32. The van der Waals surface area contributed by atoms with Crippen molar-refractivity contribution in [3.05, 3.63) is 71.8 Å². The van der Waals surface area contributed by atoms with Crippen LogP contribution >= 0.6 is 0 Å². The lowest BCUT2D eigenvalue weighted by molar-refractivity contribution is -0.137. The molecule has 2 saturated heterocycles. The van der Waals surface area contributed by atoms with E-state index in [0.29, 0.717) is 5.95 Å². The number of fused-ring (bicyclic) bond motifs is 1. The summed E-state index contributed by atoms with van der Waals surface area (Å²) in [5, 5.41) is 2.83. The maximum Gasteiger partial charge on any atom is 0.416 e. The van der Waals surface area contributed by atoms with Crippen molar-refractivity contribution in [3.63, 3.8) is 0 Å². The molecule has 196 valence electrons. The number of rotatable bonds is 7. The smallest absolute Gasteiger partial charge is 0.306 e. The Morgan fingerprint density at radius 2 is 1.86 bits per heavy atom. The zero-order valence-electron chi connectivity index (χ0n) is 20.8. The number of likely N-dealkylation sites (tertiary alicyclic amines) is 2. The van der Waals surface area contributed by atoms with Gasteiger partial charge in [0.25, 0.3) is 5.91 Å². The minimum atomic E-state index is -4.52. The lowest BCUT2D eigenvalue weighted by Gasteiger charge is -2.33. The van der Waals surface area contributed by atoms with Crippen LogP contribution < -0.4 is 5.32 Å². The Morgan fingerprint density at radius 1 is 1.08 bits per heavy atom. The molecule has 0 saturated carbocycles. The standard InChI is InChI=1S/C28H32F3N5O/c1-2-12-34-15-6-9-23(19-34)36-25-11-10-20(18-35-13-3-4-14-35)16-24(25)32-27(36)33-26(37)21-7-5-8-22(17-21)28(29,30)31/h2,5,7-8,10-11,16-17,23H,1,3-4,6,9,12-15,18-19H2,(H,32,33,37)/t23-/m1/s1. The third-order valence-corrected chi connectivity index (χ3v) is 7.27. The average molecular weight is 512 g/mol. The molecule has 0 spiro atoms. The van der Waals surface area contributed by atoms with Gasteiger partial charge in [0, 0.05) is 31.2 Å². The molecule has 0 aliphatic carbocycles. The first-order valence-corrected chi connectivity index (χ1v) is 12.9. The Hall–Kier alpha value is -3.17. The fourth-order valence-corrected chi connectivity index (χ4v) is 5.50. The molecule has 37 heavy (non-hydrogen) atoms. The number of carbonyl (C=O) groups is 1. The molecule has 2 aromatic carbocycles. The number of imidazole rings is 1. The number of benzene rings is 2. The Morgan fingerprint density at radius 3 is 2.62 bits per heavy atom. The number of aromatic nitrogens is 2. The summed E-state index contributed by atoms with van der Waals surface area (Å²) in [5.41, 5.74) is 1.94. The van der Waals surface area contributed by atoms with E-state index in [9.17, 15) is 18.0 Å². The summed E-state index contributed by atoms with van der Waals surface area (Å²) in [7, 11) is 0. The maximum absolute atomic E-state index is 13.2. The molecule has 2 aliphatic heterocycles. The quantitative estimate of drug-likeness (QED) is 0.412. The number of amides is 1. The van der Waals surface area contributed by atoms with E-state index >= 15 is 0 Å². The second-order valence-electron chi connectivity index (χ2n) is 9.99. The van der Waals surface area contributed by atoms with Crippen molar-refractivity contribution in [1.82, 2.24) is 19.4 Å². The Balaban J connectivity index is 1.49. The summed E-state index contributed by atoms with van der Waals surface area (Å²) in [4.78, 5) is 22.6. The van der Waals surface area contributed by atoms with Crippen LogP contribution in [0.1, 0.15) is 53.2 Å². The van der Waals surface area contributed by atoms with Gasteiger partial charge in [-0.15, -0.1) is 6.58 Å². The van der Waals surface area contributed by atoms with Crippen LogP contribution in [0, 0.1) is 0 Å². The molecule has 5 rings (SSSR count). The van der Waals surface area contributed by atoms with Crippen molar-refractivity contribution in [2.45, 2.75) is 44.4 Å². The fourth-order valence-electron chi connectivity index (χ4n) is 5.50. The third-order valence-electron chi connectivity index (χ3n) is 7.27. The van der Waals surface area contributed by atoms with Gasteiger partial charge in [-0.3, -0.25) is 19.9 Å². The van der Waals surface area contributed by atoms with Gasteiger partial charge in [-0.1, -0.05) is 18.2 Å². The van der Waals surface area contributed by atoms with E-state index in [1.807, 2.05) is 6.08 Å². The molecular weight excluding hydrogens is 479 g/mol. The second-order valence-corrected chi connectivity index (χ2v) is 9.99. The average Bonchev–Trinajstić information content (AvgIpc) is 3.51. The minimum absolute atomic E-state index is 0.0555. The number of halogens is 3. The van der Waals surface area contributed by atoms with Crippen LogP contribution in [0.5, 0.6) is 0 Å². The Kier molecular flexibility index (Phi) is 7.35. The van der Waals surface area contributed by atoms with Gasteiger partial charge in [-0.2, -0.15) is 13.2 Å². The van der Waals surface area contributed by atoms with Crippen molar-refractivity contribution in [1.29, 1.82) is 0 Å². The predicted octanol–water partition coefficient (Wildman–Crippen LogP) is 5.73. The van der Waals surface area contributed by atoms with Gasteiger partial charge in [-0.05, 0) is 81.2 Å². The number of anilines is 1. The van der Waals surface area contributed by atoms with Crippen molar-refractivity contribution in [2.75, 3.05) is 38.0 Å². The normalized spacial score (nSPS) is 19.4. The first-order chi connectivity index (χ1) is 17.8. The summed E-state index contributed by atoms with van der Waals surface area (Å²) >= 11 is 0. The summed E-state index contributed by atoms with van der Waals surface area (Å²) < 4.78 is 41.7. The van der Waals surface area contributed by atoms with E-state index in [-0.39, 0.29) is 11.6 Å². The van der Waals surface area contributed by atoms with Crippen LogP contribution in [-0.2, 0) is 12.7 Å². The van der Waals surface area contributed by atoms with Gasteiger partial charge in [0.05, 0.1) is 16.6 Å². The molecule has 2 fully saturated rings. The number of carbonyl (C=O) groups excluding carboxylic acids is 1. The van der Waals surface area contributed by atoms with E-state index < -0.39 is 17.6 Å². The molecule has 1 N–H and O–H groups in total. The van der Waals surface area contributed by atoms with Gasteiger partial charge in [0.15, 0.2) is 0 Å². The number of piperidine rings is 1. The molecule has 1 aromatic heterocycles. The molecule has 9 heteroatoms. The fraction of sp³-hybridized carbons (Fsp3) is 0.429. The maximum atomic E-state index is 13.2. The number of nitrogens with zero attached hydrogens (tertiary/aromatic N) is 4. The number of nitrogens with one attached hydrogen (secondary N) is 1. The lowest BCUT2D eigenvalue weighted by atomic mass is 10.0. The van der Waals surface area contributed by atoms with E-state index in [1.54, 1.807) is 0 Å². The SMILES string of the molecule is C=CCN1CCC[C@@H](n2c(NC(=O)c3cccc(C(F)(F)F)c3)nc3cc(CN4CCCC4)ccc32)C1. The van der Waals surface area contributed by atoms with E-state index in [1.165, 1.54) is 25.0 Å². The molecule has 3 heterocycles. The van der Waals surface area contributed by atoms with E-state index in [4.69, 9.17) is 4.98 Å².